The minimum absolute atomic E-state index is 0. The number of nitrogen functional groups attached to an aromatic ring is 1. The normalized spacial score (nSPS) is 11.2. The summed E-state index contributed by atoms with van der Waals surface area (Å²) in [5.41, 5.74) is 8.63. The first kappa shape index (κ1) is 20.3. The summed E-state index contributed by atoms with van der Waals surface area (Å²) >= 11 is 0. The average Bonchev–Trinajstić information content (AvgIpc) is 2.66. The Hall–Kier alpha value is -3.05. The van der Waals surface area contributed by atoms with E-state index in [0.717, 1.165) is 16.9 Å². The van der Waals surface area contributed by atoms with Crippen molar-refractivity contribution in [1.82, 2.24) is 5.32 Å². The van der Waals surface area contributed by atoms with Crippen LogP contribution in [0.2, 0.25) is 0 Å². The van der Waals surface area contributed by atoms with E-state index in [2.05, 4.69) is 5.32 Å². The number of nitrogens with two attached hydrogens (primary N) is 1. The molecular formula is C21H20ClFN2O2. The van der Waals surface area contributed by atoms with Crippen LogP contribution in [0.25, 0.3) is 0 Å². The van der Waals surface area contributed by atoms with Gasteiger partial charge in [-0.15, -0.1) is 12.4 Å². The Bertz CT molecular complexity index is 899. The number of carbonyl (C=O) groups is 1. The molecule has 0 aromatic heterocycles. The van der Waals surface area contributed by atoms with Gasteiger partial charge in [0.25, 0.3) is 5.91 Å². The molecule has 0 aliphatic carbocycles. The van der Waals surface area contributed by atoms with E-state index in [-0.39, 0.29) is 24.1 Å². The van der Waals surface area contributed by atoms with Gasteiger partial charge in [0.05, 0.1) is 13.2 Å². The highest BCUT2D eigenvalue weighted by atomic mass is 35.5. The molecule has 1 amide bonds. The first-order valence-electron chi connectivity index (χ1n) is 8.12. The van der Waals surface area contributed by atoms with E-state index in [1.165, 1.54) is 24.3 Å². The van der Waals surface area contributed by atoms with Crippen molar-refractivity contribution in [3.8, 4) is 5.75 Å². The molecule has 0 bridgehead atoms. The van der Waals surface area contributed by atoms with Crippen molar-refractivity contribution in [2.75, 3.05) is 12.8 Å². The maximum absolute atomic E-state index is 13.1. The summed E-state index contributed by atoms with van der Waals surface area (Å²) in [5, 5.41) is 2.99. The third kappa shape index (κ3) is 4.99. The molecule has 0 saturated heterocycles. The molecule has 0 aliphatic rings. The highest BCUT2D eigenvalue weighted by Gasteiger charge is 2.18. The van der Waals surface area contributed by atoms with Crippen LogP contribution in [-0.2, 0) is 0 Å². The van der Waals surface area contributed by atoms with Gasteiger partial charge < -0.3 is 15.8 Å². The van der Waals surface area contributed by atoms with Gasteiger partial charge in [-0.05, 0) is 59.7 Å². The van der Waals surface area contributed by atoms with Gasteiger partial charge in [0.2, 0.25) is 0 Å². The summed E-state index contributed by atoms with van der Waals surface area (Å²) in [6.07, 6.45) is 0. The van der Waals surface area contributed by atoms with Gasteiger partial charge in [-0.2, -0.15) is 0 Å². The molecule has 1 unspecified atom stereocenters. The molecule has 3 N–H and O–H groups in total. The van der Waals surface area contributed by atoms with Crippen LogP contribution in [0.15, 0.2) is 72.8 Å². The van der Waals surface area contributed by atoms with Crippen molar-refractivity contribution in [3.63, 3.8) is 0 Å². The van der Waals surface area contributed by atoms with Crippen LogP contribution in [0.4, 0.5) is 10.1 Å². The molecule has 0 aliphatic heterocycles. The number of hydrogen-bond acceptors (Lipinski definition) is 3. The number of methoxy groups -OCH3 is 1. The number of amides is 1. The van der Waals surface area contributed by atoms with Crippen molar-refractivity contribution in [2.45, 2.75) is 6.04 Å². The lowest BCUT2D eigenvalue weighted by atomic mass is 9.97. The van der Waals surface area contributed by atoms with E-state index in [1.54, 1.807) is 13.2 Å². The fourth-order valence-electron chi connectivity index (χ4n) is 2.71. The van der Waals surface area contributed by atoms with E-state index in [4.69, 9.17) is 10.5 Å². The fraction of sp³-hybridized carbons (Fsp3) is 0.0952. The molecule has 1 atom stereocenters. The van der Waals surface area contributed by atoms with Crippen LogP contribution in [-0.4, -0.2) is 13.0 Å². The lowest BCUT2D eigenvalue weighted by Gasteiger charge is -2.20. The molecule has 4 nitrogen and oxygen atoms in total. The fourth-order valence-corrected chi connectivity index (χ4v) is 2.71. The van der Waals surface area contributed by atoms with Crippen LogP contribution in [0.5, 0.6) is 5.75 Å². The Morgan fingerprint density at radius 1 is 1.00 bits per heavy atom. The molecule has 0 saturated carbocycles. The standard InChI is InChI=1S/C21H19FN2O2.ClH/c1-26-19-11-7-14(8-12-19)20(16-3-2-4-18(23)13-16)24-21(25)15-5-9-17(22)10-6-15;/h2-13,20H,23H2,1H3,(H,24,25);1H. The van der Waals surface area contributed by atoms with Crippen molar-refractivity contribution < 1.29 is 13.9 Å². The maximum Gasteiger partial charge on any atom is 0.252 e. The topological polar surface area (TPSA) is 64.3 Å². The number of nitrogens with one attached hydrogen (secondary N) is 1. The number of halogens is 2. The van der Waals surface area contributed by atoms with Crippen LogP contribution in [0, 0.1) is 5.82 Å². The summed E-state index contributed by atoms with van der Waals surface area (Å²) in [5.74, 6) is 0.0438. The summed E-state index contributed by atoms with van der Waals surface area (Å²) in [6, 6.07) is 19.8. The van der Waals surface area contributed by atoms with Gasteiger partial charge in [0.1, 0.15) is 11.6 Å². The first-order chi connectivity index (χ1) is 12.6. The Balaban J connectivity index is 0.00000261. The Labute approximate surface area is 163 Å². The summed E-state index contributed by atoms with van der Waals surface area (Å²) in [6.45, 7) is 0. The highest BCUT2D eigenvalue weighted by Crippen LogP contribution is 2.26. The van der Waals surface area contributed by atoms with Gasteiger partial charge in [0.15, 0.2) is 0 Å². The van der Waals surface area contributed by atoms with Gasteiger partial charge in [-0.1, -0.05) is 24.3 Å². The van der Waals surface area contributed by atoms with Crippen LogP contribution in [0.3, 0.4) is 0 Å². The van der Waals surface area contributed by atoms with Crippen molar-refractivity contribution in [3.05, 3.63) is 95.3 Å². The summed E-state index contributed by atoms with van der Waals surface area (Å²) < 4.78 is 18.3. The van der Waals surface area contributed by atoms with E-state index < -0.39 is 6.04 Å². The zero-order chi connectivity index (χ0) is 18.5. The predicted molar refractivity (Wildman–Crippen MR) is 107 cm³/mol. The van der Waals surface area contributed by atoms with Crippen LogP contribution >= 0.6 is 12.4 Å². The Morgan fingerprint density at radius 3 is 2.26 bits per heavy atom. The lowest BCUT2D eigenvalue weighted by molar-refractivity contribution is 0.0943. The van der Waals surface area contributed by atoms with Crippen molar-refractivity contribution in [2.24, 2.45) is 0 Å². The molecule has 3 aromatic carbocycles. The number of benzene rings is 3. The van der Waals surface area contributed by atoms with Crippen LogP contribution < -0.4 is 15.8 Å². The van der Waals surface area contributed by atoms with E-state index in [0.29, 0.717) is 11.3 Å². The third-order valence-electron chi connectivity index (χ3n) is 4.07. The number of ether oxygens (including phenoxy) is 1. The monoisotopic (exact) mass is 386 g/mol. The van der Waals surface area contributed by atoms with Gasteiger partial charge >= 0.3 is 0 Å². The minimum atomic E-state index is -0.401. The molecule has 27 heavy (non-hydrogen) atoms. The minimum Gasteiger partial charge on any atom is -0.497 e. The zero-order valence-electron chi connectivity index (χ0n) is 14.7. The van der Waals surface area contributed by atoms with Crippen LogP contribution in [0.1, 0.15) is 27.5 Å². The first-order valence-corrected chi connectivity index (χ1v) is 8.12. The molecule has 0 fully saturated rings. The molecule has 3 rings (SSSR count). The molecule has 0 radical (unpaired) electrons. The number of carbonyl (C=O) groups excluding carboxylic acids is 1. The second kappa shape index (κ2) is 9.05. The van der Waals surface area contributed by atoms with Gasteiger partial charge in [-0.3, -0.25) is 4.79 Å². The number of rotatable bonds is 5. The summed E-state index contributed by atoms with van der Waals surface area (Å²) in [7, 11) is 1.60. The molecule has 140 valence electrons. The van der Waals surface area contributed by atoms with Gasteiger partial charge in [-0.25, -0.2) is 4.39 Å². The third-order valence-corrected chi connectivity index (χ3v) is 4.07. The molecular weight excluding hydrogens is 367 g/mol. The number of hydrogen-bond donors (Lipinski definition) is 2. The number of anilines is 1. The molecule has 3 aromatic rings. The van der Waals surface area contributed by atoms with Crippen molar-refractivity contribution >= 4 is 24.0 Å². The smallest absolute Gasteiger partial charge is 0.252 e. The quantitative estimate of drug-likeness (QED) is 0.640. The predicted octanol–water partition coefficient (Wildman–Crippen LogP) is 4.36. The lowest BCUT2D eigenvalue weighted by Crippen LogP contribution is -2.29. The molecule has 0 spiro atoms. The largest absolute Gasteiger partial charge is 0.497 e. The SMILES string of the molecule is COc1ccc(C(NC(=O)c2ccc(F)cc2)c2cccc(N)c2)cc1.Cl. The maximum atomic E-state index is 13.1. The van der Waals surface area contributed by atoms with E-state index in [9.17, 15) is 9.18 Å². The van der Waals surface area contributed by atoms with Crippen molar-refractivity contribution in [1.29, 1.82) is 0 Å². The van der Waals surface area contributed by atoms with Gasteiger partial charge in [0, 0.05) is 11.3 Å². The second-order valence-corrected chi connectivity index (χ2v) is 5.86. The second-order valence-electron chi connectivity index (χ2n) is 5.86. The average molecular weight is 387 g/mol. The molecule has 6 heteroatoms. The van der Waals surface area contributed by atoms with E-state index >= 15 is 0 Å². The Kier molecular flexibility index (Phi) is 6.79. The molecule has 0 heterocycles. The summed E-state index contributed by atoms with van der Waals surface area (Å²) in [4.78, 5) is 12.6. The highest BCUT2D eigenvalue weighted by molar-refractivity contribution is 5.94. The Morgan fingerprint density at radius 2 is 1.67 bits per heavy atom. The van der Waals surface area contributed by atoms with E-state index in [1.807, 2.05) is 42.5 Å². The zero-order valence-corrected chi connectivity index (χ0v) is 15.5.